The zero-order valence-electron chi connectivity index (χ0n) is 22.2. The Morgan fingerprint density at radius 1 is 1.00 bits per heavy atom. The first-order valence-corrected chi connectivity index (χ1v) is 14.0. The fraction of sp³-hybridized carbons (Fsp3) is 0.556. The molecular formula is C27H41N11. The number of nitrogens with two attached hydrogens (primary N) is 2. The lowest BCUT2D eigenvalue weighted by atomic mass is 10.2. The maximum absolute atomic E-state index is 5.39. The van der Waals surface area contributed by atoms with Crippen molar-refractivity contribution in [3.05, 3.63) is 30.6 Å². The largest absolute Gasteiger partial charge is 0.370 e. The molecule has 1 aliphatic carbocycles. The zero-order valence-corrected chi connectivity index (χ0v) is 22.2. The second-order valence-corrected chi connectivity index (χ2v) is 10.2. The number of hydrogen-bond acceptors (Lipinski definition) is 8. The van der Waals surface area contributed by atoms with E-state index in [1.54, 1.807) is 0 Å². The Morgan fingerprint density at radius 2 is 1.76 bits per heavy atom. The van der Waals surface area contributed by atoms with Crippen LogP contribution in [0.25, 0.3) is 11.2 Å². The van der Waals surface area contributed by atoms with Gasteiger partial charge in [-0.15, -0.1) is 0 Å². The second-order valence-electron chi connectivity index (χ2n) is 10.2. The first-order chi connectivity index (χ1) is 18.7. The molecule has 1 saturated carbocycles. The number of fused-ring (bicyclic) bond motifs is 1. The van der Waals surface area contributed by atoms with Crippen LogP contribution >= 0.6 is 0 Å². The molecular weight excluding hydrogens is 478 g/mol. The third-order valence-corrected chi connectivity index (χ3v) is 7.41. The lowest BCUT2D eigenvalue weighted by Crippen LogP contribution is -2.43. The fourth-order valence-corrected chi connectivity index (χ4v) is 5.35. The molecule has 5 rings (SSSR count). The first kappa shape index (κ1) is 26.0. The maximum atomic E-state index is 5.39. The molecule has 38 heavy (non-hydrogen) atoms. The van der Waals surface area contributed by atoms with Gasteiger partial charge in [-0.3, -0.25) is 4.99 Å². The molecule has 3 heterocycles. The van der Waals surface area contributed by atoms with E-state index in [0.717, 1.165) is 81.1 Å². The van der Waals surface area contributed by atoms with Gasteiger partial charge in [-0.2, -0.15) is 9.97 Å². The number of guanidine groups is 1. The Hall–Kier alpha value is -3.60. The number of imidazole rings is 1. The van der Waals surface area contributed by atoms with Crippen LogP contribution < -0.4 is 32.3 Å². The van der Waals surface area contributed by atoms with Crippen LogP contribution in [0, 0.1) is 0 Å². The maximum Gasteiger partial charge on any atom is 0.226 e. The van der Waals surface area contributed by atoms with E-state index in [2.05, 4.69) is 54.7 Å². The average Bonchev–Trinajstić information content (AvgIpc) is 3.61. The van der Waals surface area contributed by atoms with E-state index >= 15 is 0 Å². The number of nitrogens with zero attached hydrogens (tertiary/aromatic N) is 6. The molecule has 204 valence electrons. The molecule has 1 aromatic carbocycles. The molecule has 0 atom stereocenters. The highest BCUT2D eigenvalue weighted by Gasteiger charge is 2.22. The Labute approximate surface area is 224 Å². The van der Waals surface area contributed by atoms with Crippen molar-refractivity contribution in [1.82, 2.24) is 24.8 Å². The molecule has 2 fully saturated rings. The van der Waals surface area contributed by atoms with Crippen LogP contribution in [0.3, 0.4) is 0 Å². The average molecular weight is 520 g/mol. The van der Waals surface area contributed by atoms with Gasteiger partial charge in [0, 0.05) is 56.7 Å². The highest BCUT2D eigenvalue weighted by Crippen LogP contribution is 2.33. The van der Waals surface area contributed by atoms with Crippen molar-refractivity contribution in [3.63, 3.8) is 0 Å². The fourth-order valence-electron chi connectivity index (χ4n) is 5.35. The normalized spacial score (nSPS) is 16.2. The number of benzene rings is 1. The van der Waals surface area contributed by atoms with Crippen molar-refractivity contribution in [2.75, 3.05) is 54.8 Å². The van der Waals surface area contributed by atoms with Crippen LogP contribution in [0.2, 0.25) is 0 Å². The van der Waals surface area contributed by atoms with Gasteiger partial charge in [-0.25, -0.2) is 4.98 Å². The third-order valence-electron chi connectivity index (χ3n) is 7.41. The molecule has 0 bridgehead atoms. The van der Waals surface area contributed by atoms with Crippen LogP contribution in [-0.2, 0) is 0 Å². The molecule has 2 aromatic heterocycles. The van der Waals surface area contributed by atoms with E-state index in [0.29, 0.717) is 18.5 Å². The van der Waals surface area contributed by atoms with Gasteiger partial charge in [0.15, 0.2) is 22.9 Å². The highest BCUT2D eigenvalue weighted by molar-refractivity contribution is 5.86. The topological polar surface area (TPSA) is 147 Å². The Morgan fingerprint density at radius 3 is 2.53 bits per heavy atom. The van der Waals surface area contributed by atoms with Crippen LogP contribution in [0.5, 0.6) is 0 Å². The monoisotopic (exact) mass is 519 g/mol. The third kappa shape index (κ3) is 6.63. The molecule has 0 radical (unpaired) electrons. The lowest BCUT2D eigenvalue weighted by molar-refractivity contribution is 0.529. The van der Waals surface area contributed by atoms with Crippen LogP contribution in [0.1, 0.15) is 57.4 Å². The SMILES string of the molecule is NC(N)=NCCCCCCNc1nc(Nc2ccc(N3CCNCC3)cc2)c2ncn(C3CCCC3)c2n1. The first-order valence-electron chi connectivity index (χ1n) is 14.0. The smallest absolute Gasteiger partial charge is 0.226 e. The Bertz CT molecular complexity index is 1190. The van der Waals surface area contributed by atoms with E-state index in [9.17, 15) is 0 Å². The number of hydrogen-bond donors (Lipinski definition) is 5. The summed E-state index contributed by atoms with van der Waals surface area (Å²) >= 11 is 0. The summed E-state index contributed by atoms with van der Waals surface area (Å²) in [5, 5.41) is 10.4. The number of rotatable bonds is 12. The van der Waals surface area contributed by atoms with Crippen molar-refractivity contribution in [3.8, 4) is 0 Å². The predicted octanol–water partition coefficient (Wildman–Crippen LogP) is 3.34. The van der Waals surface area contributed by atoms with Crippen LogP contribution in [-0.4, -0.2) is 64.7 Å². The van der Waals surface area contributed by atoms with E-state index < -0.39 is 0 Å². The predicted molar refractivity (Wildman–Crippen MR) is 155 cm³/mol. The van der Waals surface area contributed by atoms with Gasteiger partial charge in [0.2, 0.25) is 5.95 Å². The molecule has 7 N–H and O–H groups in total. The summed E-state index contributed by atoms with van der Waals surface area (Å²) in [6.07, 6.45) is 11.0. The minimum Gasteiger partial charge on any atom is -0.370 e. The zero-order chi connectivity index (χ0) is 26.2. The summed E-state index contributed by atoms with van der Waals surface area (Å²) in [4.78, 5) is 20.9. The summed E-state index contributed by atoms with van der Waals surface area (Å²) < 4.78 is 2.25. The van der Waals surface area contributed by atoms with Crippen molar-refractivity contribution in [1.29, 1.82) is 0 Å². The molecule has 1 saturated heterocycles. The highest BCUT2D eigenvalue weighted by atomic mass is 15.2. The van der Waals surface area contributed by atoms with Crippen molar-refractivity contribution in [2.24, 2.45) is 16.5 Å². The summed E-state index contributed by atoms with van der Waals surface area (Å²) in [6.45, 7) is 5.61. The molecule has 1 aliphatic heterocycles. The number of unbranched alkanes of at least 4 members (excludes halogenated alkanes) is 3. The number of nitrogens with one attached hydrogen (secondary N) is 3. The summed E-state index contributed by atoms with van der Waals surface area (Å²) in [5.74, 6) is 1.54. The van der Waals surface area contributed by atoms with Crippen LogP contribution in [0.15, 0.2) is 35.6 Å². The van der Waals surface area contributed by atoms with Crippen LogP contribution in [0.4, 0.5) is 23.1 Å². The van der Waals surface area contributed by atoms with Gasteiger partial charge >= 0.3 is 0 Å². The van der Waals surface area contributed by atoms with Gasteiger partial charge in [-0.05, 0) is 49.9 Å². The molecule has 2 aliphatic rings. The van der Waals surface area contributed by atoms with E-state index in [-0.39, 0.29) is 5.96 Å². The number of anilines is 4. The molecule has 0 spiro atoms. The summed E-state index contributed by atoms with van der Waals surface area (Å²) in [7, 11) is 0. The van der Waals surface area contributed by atoms with E-state index in [1.165, 1.54) is 31.4 Å². The second kappa shape index (κ2) is 12.8. The molecule has 11 heteroatoms. The minimum absolute atomic E-state index is 0.163. The van der Waals surface area contributed by atoms with Gasteiger partial charge in [0.25, 0.3) is 0 Å². The minimum atomic E-state index is 0.163. The van der Waals surface area contributed by atoms with Gasteiger partial charge < -0.3 is 36.9 Å². The molecule has 0 amide bonds. The van der Waals surface area contributed by atoms with Gasteiger partial charge in [0.05, 0.1) is 6.33 Å². The standard InChI is InChI=1S/C27H41N11/c28-26(29)31-13-5-1-2-6-14-32-27-35-24(23-25(36-27)38(19-33-23)22-7-3-4-8-22)34-20-9-11-21(12-10-20)37-17-15-30-16-18-37/h9-12,19,22,30H,1-8,13-18H2,(H4,28,29,31)(H2,32,34,35,36). The molecule has 3 aromatic rings. The van der Waals surface area contributed by atoms with Gasteiger partial charge in [0.1, 0.15) is 0 Å². The van der Waals surface area contributed by atoms with Gasteiger partial charge in [-0.1, -0.05) is 25.7 Å². The Kier molecular flexibility index (Phi) is 8.75. The van der Waals surface area contributed by atoms with Crippen molar-refractivity contribution < 1.29 is 0 Å². The number of aromatic nitrogens is 4. The van der Waals surface area contributed by atoms with Crippen molar-refractivity contribution in [2.45, 2.75) is 57.4 Å². The number of aliphatic imine (C=N–C) groups is 1. The van der Waals surface area contributed by atoms with Crippen molar-refractivity contribution >= 4 is 40.3 Å². The lowest BCUT2D eigenvalue weighted by Gasteiger charge is -2.29. The van der Waals surface area contributed by atoms with E-state index in [4.69, 9.17) is 26.4 Å². The quantitative estimate of drug-likeness (QED) is 0.138. The summed E-state index contributed by atoms with van der Waals surface area (Å²) in [5.41, 5.74) is 14.7. The number of piperazine rings is 1. The summed E-state index contributed by atoms with van der Waals surface area (Å²) in [6, 6.07) is 9.05. The van der Waals surface area contributed by atoms with E-state index in [1.807, 2.05) is 6.33 Å². The molecule has 0 unspecified atom stereocenters. The molecule has 11 nitrogen and oxygen atoms in total. The Balaban J connectivity index is 1.28.